The molecule has 0 bridgehead atoms. The van der Waals surface area contributed by atoms with E-state index in [1.165, 1.54) is 11.9 Å². The summed E-state index contributed by atoms with van der Waals surface area (Å²) in [5.41, 5.74) is -1.14. The smallest absolute Gasteiger partial charge is 0.374 e. The van der Waals surface area contributed by atoms with Crippen LogP contribution in [0.3, 0.4) is 0 Å². The first-order chi connectivity index (χ1) is 7.70. The van der Waals surface area contributed by atoms with Gasteiger partial charge in [0.05, 0.1) is 5.60 Å². The number of nitrogens with zero attached hydrogens (tertiary/aromatic N) is 2. The molecular weight excluding hydrogens is 228 g/mol. The molecule has 1 aromatic rings. The molecule has 0 saturated heterocycles. The molecule has 17 heavy (non-hydrogen) atoms. The Bertz CT molecular complexity index is 432. The zero-order valence-electron chi connectivity index (χ0n) is 9.80. The molecule has 0 spiro atoms. The van der Waals surface area contributed by atoms with Crippen LogP contribution in [0.25, 0.3) is 0 Å². The minimum absolute atomic E-state index is 0.0983. The van der Waals surface area contributed by atoms with Gasteiger partial charge in [-0.15, -0.1) is 0 Å². The highest BCUT2D eigenvalue weighted by Gasteiger charge is 2.23. The molecule has 94 valence electrons. The number of aromatic nitrogens is 1. The van der Waals surface area contributed by atoms with Crippen LogP contribution < -0.4 is 0 Å². The van der Waals surface area contributed by atoms with Gasteiger partial charge in [0.2, 0.25) is 5.76 Å². The van der Waals surface area contributed by atoms with Gasteiger partial charge in [-0.2, -0.15) is 0 Å². The second-order valence-electron chi connectivity index (χ2n) is 4.36. The van der Waals surface area contributed by atoms with Crippen molar-refractivity contribution < 1.29 is 24.3 Å². The summed E-state index contributed by atoms with van der Waals surface area (Å²) in [6.07, 6.45) is 0. The van der Waals surface area contributed by atoms with Crippen molar-refractivity contribution in [2.24, 2.45) is 0 Å². The van der Waals surface area contributed by atoms with Crippen molar-refractivity contribution in [1.29, 1.82) is 0 Å². The largest absolute Gasteiger partial charge is 0.475 e. The monoisotopic (exact) mass is 242 g/mol. The van der Waals surface area contributed by atoms with Crippen molar-refractivity contribution in [3.63, 3.8) is 0 Å². The van der Waals surface area contributed by atoms with Crippen LogP contribution in [0.4, 0.5) is 0 Å². The standard InChI is InChI=1S/C10H14N2O5/c1-10(2,16)5-12(3)8(13)6-4-7(9(14)15)17-11-6/h4,16H,5H2,1-3H3,(H,14,15). The first-order valence-electron chi connectivity index (χ1n) is 4.88. The number of carbonyl (C=O) groups is 2. The van der Waals surface area contributed by atoms with E-state index >= 15 is 0 Å². The second kappa shape index (κ2) is 4.54. The first kappa shape index (κ1) is 13.2. The Morgan fingerprint density at radius 2 is 2.12 bits per heavy atom. The van der Waals surface area contributed by atoms with Gasteiger partial charge in [0.15, 0.2) is 5.69 Å². The highest BCUT2D eigenvalue weighted by molar-refractivity contribution is 5.94. The molecule has 1 aromatic heterocycles. The number of rotatable bonds is 4. The van der Waals surface area contributed by atoms with Crippen LogP contribution in [-0.4, -0.2) is 51.3 Å². The van der Waals surface area contributed by atoms with Crippen LogP contribution in [0.2, 0.25) is 0 Å². The number of aromatic carboxylic acids is 1. The normalized spacial score (nSPS) is 11.3. The molecule has 2 N–H and O–H groups in total. The van der Waals surface area contributed by atoms with E-state index in [4.69, 9.17) is 5.11 Å². The average Bonchev–Trinajstić information content (AvgIpc) is 2.62. The molecule has 0 fully saturated rings. The molecule has 1 rings (SSSR count). The molecule has 0 aliphatic carbocycles. The molecule has 0 aliphatic rings. The molecule has 1 amide bonds. The van der Waals surface area contributed by atoms with Crippen molar-refractivity contribution in [2.45, 2.75) is 19.4 Å². The van der Waals surface area contributed by atoms with E-state index < -0.39 is 23.2 Å². The van der Waals surface area contributed by atoms with Crippen LogP contribution in [0, 0.1) is 0 Å². The van der Waals surface area contributed by atoms with Crippen LogP contribution >= 0.6 is 0 Å². The fraction of sp³-hybridized carbons (Fsp3) is 0.500. The van der Waals surface area contributed by atoms with Gasteiger partial charge in [0, 0.05) is 19.7 Å². The van der Waals surface area contributed by atoms with E-state index in [9.17, 15) is 14.7 Å². The van der Waals surface area contributed by atoms with E-state index in [-0.39, 0.29) is 12.2 Å². The predicted octanol–water partition coefficient (Wildman–Crippen LogP) is 0.216. The number of likely N-dealkylation sites (N-methyl/N-ethyl adjacent to an activating group) is 1. The van der Waals surface area contributed by atoms with Gasteiger partial charge in [-0.3, -0.25) is 4.79 Å². The zero-order valence-corrected chi connectivity index (χ0v) is 9.80. The van der Waals surface area contributed by atoms with E-state index in [2.05, 4.69) is 9.68 Å². The molecule has 7 nitrogen and oxygen atoms in total. The summed E-state index contributed by atoms with van der Waals surface area (Å²) in [5.74, 6) is -2.20. The lowest BCUT2D eigenvalue weighted by atomic mass is 10.1. The van der Waals surface area contributed by atoms with Crippen molar-refractivity contribution in [2.75, 3.05) is 13.6 Å². The molecule has 0 saturated carbocycles. The topological polar surface area (TPSA) is 104 Å². The third-order valence-electron chi connectivity index (χ3n) is 1.91. The van der Waals surface area contributed by atoms with Crippen molar-refractivity contribution in [3.8, 4) is 0 Å². The van der Waals surface area contributed by atoms with E-state index in [1.807, 2.05) is 0 Å². The Balaban J connectivity index is 2.78. The minimum atomic E-state index is -1.29. The predicted molar refractivity (Wildman–Crippen MR) is 56.7 cm³/mol. The van der Waals surface area contributed by atoms with Crippen LogP contribution in [0.15, 0.2) is 10.6 Å². The van der Waals surface area contributed by atoms with Gasteiger partial charge in [0.1, 0.15) is 0 Å². The van der Waals surface area contributed by atoms with Gasteiger partial charge >= 0.3 is 5.97 Å². The lowest BCUT2D eigenvalue weighted by Gasteiger charge is -2.24. The molecule has 0 aliphatic heterocycles. The number of hydrogen-bond acceptors (Lipinski definition) is 5. The molecular formula is C10H14N2O5. The van der Waals surface area contributed by atoms with E-state index in [0.29, 0.717) is 0 Å². The van der Waals surface area contributed by atoms with Crippen molar-refractivity contribution >= 4 is 11.9 Å². The molecule has 0 unspecified atom stereocenters. The fourth-order valence-corrected chi connectivity index (χ4v) is 1.32. The van der Waals surface area contributed by atoms with Crippen LogP contribution in [0.1, 0.15) is 34.9 Å². The summed E-state index contributed by atoms with van der Waals surface area (Å²) in [7, 11) is 1.48. The van der Waals surface area contributed by atoms with Gasteiger partial charge in [-0.25, -0.2) is 4.79 Å². The first-order valence-corrected chi connectivity index (χ1v) is 4.88. The van der Waals surface area contributed by atoms with Crippen molar-refractivity contribution in [3.05, 3.63) is 17.5 Å². The Kier molecular flexibility index (Phi) is 3.52. The zero-order chi connectivity index (χ0) is 13.2. The maximum Gasteiger partial charge on any atom is 0.374 e. The summed E-state index contributed by atoms with van der Waals surface area (Å²) in [4.78, 5) is 23.5. The summed E-state index contributed by atoms with van der Waals surface area (Å²) in [6.45, 7) is 3.21. The van der Waals surface area contributed by atoms with E-state index in [1.54, 1.807) is 13.8 Å². The number of carboxylic acids is 1. The third kappa shape index (κ3) is 3.56. The Hall–Kier alpha value is -1.89. The van der Waals surface area contributed by atoms with Gasteiger partial charge < -0.3 is 19.6 Å². The van der Waals surface area contributed by atoms with Gasteiger partial charge in [-0.05, 0) is 13.8 Å². The third-order valence-corrected chi connectivity index (χ3v) is 1.91. The molecule has 1 heterocycles. The highest BCUT2D eigenvalue weighted by Crippen LogP contribution is 2.09. The quantitative estimate of drug-likeness (QED) is 0.782. The molecule has 0 aromatic carbocycles. The SMILES string of the molecule is CN(CC(C)(C)O)C(=O)c1cc(C(=O)O)on1. The van der Waals surface area contributed by atoms with Crippen LogP contribution in [-0.2, 0) is 0 Å². The molecule has 0 radical (unpaired) electrons. The molecule has 0 atom stereocenters. The van der Waals surface area contributed by atoms with Crippen LogP contribution in [0.5, 0.6) is 0 Å². The summed E-state index contributed by atoms with van der Waals surface area (Å²) < 4.78 is 4.47. The van der Waals surface area contributed by atoms with Crippen molar-refractivity contribution in [1.82, 2.24) is 10.1 Å². The molecule has 7 heteroatoms. The maximum absolute atomic E-state index is 11.8. The fourth-order valence-electron chi connectivity index (χ4n) is 1.32. The number of carboxylic acid groups (broad SMARTS) is 1. The number of aliphatic hydroxyl groups is 1. The average molecular weight is 242 g/mol. The number of carbonyl (C=O) groups excluding carboxylic acids is 1. The lowest BCUT2D eigenvalue weighted by Crippen LogP contribution is -2.39. The summed E-state index contributed by atoms with van der Waals surface area (Å²) >= 11 is 0. The number of amides is 1. The van der Waals surface area contributed by atoms with E-state index in [0.717, 1.165) is 6.07 Å². The number of hydrogen-bond donors (Lipinski definition) is 2. The highest BCUT2D eigenvalue weighted by atomic mass is 16.5. The summed E-state index contributed by atoms with van der Waals surface area (Å²) in [5, 5.41) is 21.5. The second-order valence-corrected chi connectivity index (χ2v) is 4.36. The summed E-state index contributed by atoms with van der Waals surface area (Å²) in [6, 6.07) is 1.05. The Morgan fingerprint density at radius 3 is 2.53 bits per heavy atom. The lowest BCUT2D eigenvalue weighted by molar-refractivity contribution is 0.0362. The maximum atomic E-state index is 11.8. The Labute approximate surface area is 97.6 Å². The van der Waals surface area contributed by atoms with Gasteiger partial charge in [0.25, 0.3) is 5.91 Å². The minimum Gasteiger partial charge on any atom is -0.475 e. The Morgan fingerprint density at radius 1 is 1.53 bits per heavy atom. The van der Waals surface area contributed by atoms with Gasteiger partial charge in [-0.1, -0.05) is 5.16 Å².